The molecular weight excluding hydrogens is 210 g/mol. The van der Waals surface area contributed by atoms with Crippen LogP contribution < -0.4 is 0 Å². The van der Waals surface area contributed by atoms with E-state index in [9.17, 15) is 0 Å². The van der Waals surface area contributed by atoms with Crippen molar-refractivity contribution in [2.24, 2.45) is 7.05 Å². The number of rotatable bonds is 3. The lowest BCUT2D eigenvalue weighted by Gasteiger charge is -2.16. The first-order valence-corrected chi connectivity index (χ1v) is 5.74. The van der Waals surface area contributed by atoms with Crippen LogP contribution in [0.2, 0.25) is 0 Å². The van der Waals surface area contributed by atoms with E-state index in [1.54, 1.807) is 0 Å². The molecule has 3 nitrogen and oxygen atoms in total. The quantitative estimate of drug-likeness (QED) is 0.687. The summed E-state index contributed by atoms with van der Waals surface area (Å²) in [6, 6.07) is 12.6. The maximum atomic E-state index is 3.31. The van der Waals surface area contributed by atoms with E-state index in [0.717, 1.165) is 0 Å². The average Bonchev–Trinajstić information content (AvgIpc) is 3.04. The Morgan fingerprint density at radius 1 is 0.941 bits per heavy atom. The Bertz CT molecular complexity index is 539. The van der Waals surface area contributed by atoms with Crippen LogP contribution in [0.3, 0.4) is 0 Å². The number of aromatic amines is 2. The van der Waals surface area contributed by atoms with Crippen LogP contribution in [0.5, 0.6) is 0 Å². The minimum atomic E-state index is 0.236. The van der Waals surface area contributed by atoms with Gasteiger partial charge < -0.3 is 14.5 Å². The molecule has 0 radical (unpaired) electrons. The highest BCUT2D eigenvalue weighted by Crippen LogP contribution is 2.29. The normalized spacial score (nSPS) is 11.2. The van der Waals surface area contributed by atoms with E-state index in [2.05, 4.69) is 52.0 Å². The van der Waals surface area contributed by atoms with Gasteiger partial charge in [0.15, 0.2) is 0 Å². The molecule has 0 unspecified atom stereocenters. The Hall–Kier alpha value is -2.16. The van der Waals surface area contributed by atoms with Crippen LogP contribution in [0, 0.1) is 0 Å². The maximum absolute atomic E-state index is 3.31. The molecule has 0 saturated heterocycles. The van der Waals surface area contributed by atoms with Crippen LogP contribution >= 0.6 is 0 Å². The maximum Gasteiger partial charge on any atom is 0.0793 e. The van der Waals surface area contributed by atoms with E-state index in [1.165, 1.54) is 17.1 Å². The smallest absolute Gasteiger partial charge is 0.0793 e. The fourth-order valence-electron chi connectivity index (χ4n) is 2.31. The summed E-state index contributed by atoms with van der Waals surface area (Å²) in [7, 11) is 2.08. The highest BCUT2D eigenvalue weighted by Gasteiger charge is 2.20. The van der Waals surface area contributed by atoms with Crippen LogP contribution in [0.25, 0.3) is 0 Å². The second-order valence-corrected chi connectivity index (χ2v) is 4.23. The van der Waals surface area contributed by atoms with Crippen molar-refractivity contribution in [1.29, 1.82) is 0 Å². The number of nitrogens with one attached hydrogen (secondary N) is 2. The molecule has 0 aliphatic heterocycles. The van der Waals surface area contributed by atoms with Gasteiger partial charge in [0, 0.05) is 42.7 Å². The summed E-state index contributed by atoms with van der Waals surface area (Å²) in [6.45, 7) is 0. The first-order valence-electron chi connectivity index (χ1n) is 5.74. The molecule has 0 atom stereocenters. The largest absolute Gasteiger partial charge is 0.364 e. The van der Waals surface area contributed by atoms with Crippen molar-refractivity contribution in [3.63, 3.8) is 0 Å². The minimum Gasteiger partial charge on any atom is -0.364 e. The average molecular weight is 225 g/mol. The summed E-state index contributed by atoms with van der Waals surface area (Å²) >= 11 is 0. The van der Waals surface area contributed by atoms with E-state index >= 15 is 0 Å². The molecular formula is C14H15N3. The number of aryl methyl sites for hydroxylation is 1. The summed E-state index contributed by atoms with van der Waals surface area (Å²) in [5, 5.41) is 0. The van der Waals surface area contributed by atoms with E-state index in [4.69, 9.17) is 0 Å². The monoisotopic (exact) mass is 225 g/mol. The van der Waals surface area contributed by atoms with E-state index in [0.29, 0.717) is 0 Å². The van der Waals surface area contributed by atoms with E-state index in [-0.39, 0.29) is 5.92 Å². The second kappa shape index (κ2) is 4.01. The van der Waals surface area contributed by atoms with Crippen molar-refractivity contribution in [2.45, 2.75) is 5.92 Å². The lowest BCUT2D eigenvalue weighted by Crippen LogP contribution is -2.08. The van der Waals surface area contributed by atoms with Crippen LogP contribution in [-0.4, -0.2) is 14.5 Å². The summed E-state index contributed by atoms with van der Waals surface area (Å²) in [5.74, 6) is 0.236. The minimum absolute atomic E-state index is 0.236. The van der Waals surface area contributed by atoms with Gasteiger partial charge in [-0.3, -0.25) is 0 Å². The number of hydrogen-bond acceptors (Lipinski definition) is 0. The van der Waals surface area contributed by atoms with Crippen molar-refractivity contribution >= 4 is 0 Å². The van der Waals surface area contributed by atoms with Gasteiger partial charge in [0.25, 0.3) is 0 Å². The zero-order chi connectivity index (χ0) is 11.7. The zero-order valence-corrected chi connectivity index (χ0v) is 9.72. The molecule has 0 aromatic carbocycles. The topological polar surface area (TPSA) is 36.5 Å². The molecule has 17 heavy (non-hydrogen) atoms. The summed E-state index contributed by atoms with van der Waals surface area (Å²) in [6.07, 6.45) is 6.01. The van der Waals surface area contributed by atoms with Gasteiger partial charge in [0.05, 0.1) is 5.92 Å². The van der Waals surface area contributed by atoms with Gasteiger partial charge in [-0.25, -0.2) is 0 Å². The Balaban J connectivity index is 2.13. The Kier molecular flexibility index (Phi) is 2.37. The van der Waals surface area contributed by atoms with Gasteiger partial charge in [0.1, 0.15) is 0 Å². The van der Waals surface area contributed by atoms with Crippen molar-refractivity contribution in [1.82, 2.24) is 14.5 Å². The first-order chi connectivity index (χ1) is 8.36. The van der Waals surface area contributed by atoms with Gasteiger partial charge in [-0.2, -0.15) is 0 Å². The zero-order valence-electron chi connectivity index (χ0n) is 9.72. The van der Waals surface area contributed by atoms with E-state index < -0.39 is 0 Å². The third-order valence-electron chi connectivity index (χ3n) is 3.15. The van der Waals surface area contributed by atoms with Gasteiger partial charge in [-0.1, -0.05) is 0 Å². The predicted molar refractivity (Wildman–Crippen MR) is 67.9 cm³/mol. The molecule has 3 heteroatoms. The molecule has 3 aromatic heterocycles. The van der Waals surface area contributed by atoms with Crippen LogP contribution in [0.1, 0.15) is 23.0 Å². The Morgan fingerprint density at radius 3 is 2.00 bits per heavy atom. The highest BCUT2D eigenvalue weighted by molar-refractivity contribution is 5.34. The lowest BCUT2D eigenvalue weighted by molar-refractivity contribution is 0.769. The predicted octanol–water partition coefficient (Wildman–Crippen LogP) is 2.86. The number of nitrogens with zero attached hydrogens (tertiary/aromatic N) is 1. The van der Waals surface area contributed by atoms with Crippen molar-refractivity contribution in [2.75, 3.05) is 0 Å². The Morgan fingerprint density at radius 2 is 1.59 bits per heavy atom. The van der Waals surface area contributed by atoms with Crippen molar-refractivity contribution in [3.8, 4) is 0 Å². The molecule has 3 rings (SSSR count). The van der Waals surface area contributed by atoms with Gasteiger partial charge in [0.2, 0.25) is 0 Å². The van der Waals surface area contributed by atoms with Gasteiger partial charge in [-0.05, 0) is 36.4 Å². The number of H-pyrrole nitrogens is 2. The molecule has 0 aliphatic rings. The molecule has 0 bridgehead atoms. The van der Waals surface area contributed by atoms with Gasteiger partial charge >= 0.3 is 0 Å². The standard InChI is InChI=1S/C14H15N3/c1-17-10-4-7-13(17)14(11-5-2-8-15-11)12-6-3-9-16-12/h2-10,14-16H,1H3. The number of hydrogen-bond donors (Lipinski definition) is 2. The molecule has 86 valence electrons. The van der Waals surface area contributed by atoms with Crippen molar-refractivity contribution < 1.29 is 0 Å². The summed E-state index contributed by atoms with van der Waals surface area (Å²) in [5.41, 5.74) is 3.68. The second-order valence-electron chi connectivity index (χ2n) is 4.23. The van der Waals surface area contributed by atoms with Crippen LogP contribution in [0.4, 0.5) is 0 Å². The van der Waals surface area contributed by atoms with Gasteiger partial charge in [-0.15, -0.1) is 0 Å². The molecule has 0 saturated carbocycles. The first kappa shape index (κ1) is 10.0. The third kappa shape index (κ3) is 1.69. The molecule has 3 aromatic rings. The molecule has 3 heterocycles. The summed E-state index contributed by atoms with van der Waals surface area (Å²) < 4.78 is 2.16. The fourth-order valence-corrected chi connectivity index (χ4v) is 2.31. The number of aromatic nitrogens is 3. The lowest BCUT2D eigenvalue weighted by atomic mass is 9.98. The Labute approximate surface area is 100 Å². The molecule has 2 N–H and O–H groups in total. The van der Waals surface area contributed by atoms with E-state index in [1.807, 2.05) is 24.5 Å². The summed E-state index contributed by atoms with van der Waals surface area (Å²) in [4.78, 5) is 6.62. The van der Waals surface area contributed by atoms with Crippen LogP contribution in [-0.2, 0) is 7.05 Å². The highest BCUT2D eigenvalue weighted by atomic mass is 14.9. The molecule has 0 aliphatic carbocycles. The third-order valence-corrected chi connectivity index (χ3v) is 3.15. The molecule has 0 spiro atoms. The fraction of sp³-hybridized carbons (Fsp3) is 0.143. The molecule has 0 fully saturated rings. The van der Waals surface area contributed by atoms with Crippen molar-refractivity contribution in [3.05, 3.63) is 72.1 Å². The van der Waals surface area contributed by atoms with Crippen LogP contribution in [0.15, 0.2) is 55.0 Å². The SMILES string of the molecule is Cn1cccc1C(c1ccc[nH]1)c1ccc[nH]1. The molecule has 0 amide bonds.